The summed E-state index contributed by atoms with van der Waals surface area (Å²) in [5.41, 5.74) is 2.23. The molecule has 0 bridgehead atoms. The number of halogens is 3. The van der Waals surface area contributed by atoms with E-state index >= 15 is 0 Å². The summed E-state index contributed by atoms with van der Waals surface area (Å²) >= 11 is 18.7. The van der Waals surface area contributed by atoms with Crippen molar-refractivity contribution in [3.8, 4) is 0 Å². The van der Waals surface area contributed by atoms with Gasteiger partial charge in [-0.1, -0.05) is 53.0 Å². The zero-order valence-electron chi connectivity index (χ0n) is 12.5. The van der Waals surface area contributed by atoms with E-state index in [4.69, 9.17) is 44.7 Å². The maximum absolute atomic E-state index is 12.7. The Kier molecular flexibility index (Phi) is 7.21. The van der Waals surface area contributed by atoms with Gasteiger partial charge in [-0.3, -0.25) is 14.4 Å². The van der Waals surface area contributed by atoms with Gasteiger partial charge in [-0.2, -0.15) is 0 Å². The van der Waals surface area contributed by atoms with Crippen LogP contribution in [0.3, 0.4) is 0 Å². The summed E-state index contributed by atoms with van der Waals surface area (Å²) in [5.74, 6) is -1.20. The minimum absolute atomic E-state index is 0.0270. The van der Waals surface area contributed by atoms with E-state index in [9.17, 15) is 14.7 Å². The predicted molar refractivity (Wildman–Crippen MR) is 95.7 cm³/mol. The summed E-state index contributed by atoms with van der Waals surface area (Å²) in [5, 5.41) is 18.0. The van der Waals surface area contributed by atoms with Crippen molar-refractivity contribution in [3.05, 3.63) is 54.7 Å². The van der Waals surface area contributed by atoms with Crippen LogP contribution in [0.25, 0.3) is 0 Å². The summed E-state index contributed by atoms with van der Waals surface area (Å²) in [6.07, 6.45) is -1.13. The Balaban J connectivity index is 2.24. The number of ketones is 1. The SMILES string of the molecule is O=C(NOCC(O)CO)c1ccccc1C(=O)c1sc(Cl)c(Cl)c1Cl. The molecule has 10 heteroatoms. The number of thiophene rings is 1. The number of nitrogens with one attached hydrogen (secondary N) is 1. The van der Waals surface area contributed by atoms with E-state index in [0.29, 0.717) is 0 Å². The van der Waals surface area contributed by atoms with E-state index in [1.54, 1.807) is 12.1 Å². The van der Waals surface area contributed by atoms with E-state index in [1.807, 2.05) is 0 Å². The monoisotopic (exact) mass is 423 g/mol. The van der Waals surface area contributed by atoms with E-state index in [0.717, 1.165) is 11.3 Å². The first-order valence-corrected chi connectivity index (χ1v) is 8.79. The van der Waals surface area contributed by atoms with Crippen molar-refractivity contribution in [2.24, 2.45) is 0 Å². The number of hydrogen-bond donors (Lipinski definition) is 3. The highest BCUT2D eigenvalue weighted by Crippen LogP contribution is 2.41. The predicted octanol–water partition coefficient (Wildman–Crippen LogP) is 2.95. The Morgan fingerprint density at radius 1 is 1.16 bits per heavy atom. The Hall–Kier alpha value is -1.19. The summed E-state index contributed by atoms with van der Waals surface area (Å²) < 4.78 is 0.179. The topological polar surface area (TPSA) is 95.9 Å². The molecule has 0 saturated heterocycles. The molecule has 1 amide bonds. The van der Waals surface area contributed by atoms with Crippen LogP contribution in [0.5, 0.6) is 0 Å². The first-order valence-electron chi connectivity index (χ1n) is 6.84. The highest BCUT2D eigenvalue weighted by molar-refractivity contribution is 7.19. The number of hydroxylamine groups is 1. The smallest absolute Gasteiger partial charge is 0.275 e. The molecule has 0 aliphatic carbocycles. The van der Waals surface area contributed by atoms with E-state index in [2.05, 4.69) is 5.48 Å². The second-order valence-corrected chi connectivity index (χ2v) is 7.16. The van der Waals surface area contributed by atoms with E-state index < -0.39 is 24.4 Å². The van der Waals surface area contributed by atoms with Gasteiger partial charge in [0, 0.05) is 5.56 Å². The molecular formula is C15H12Cl3NO5S. The molecule has 1 atom stereocenters. The summed E-state index contributed by atoms with van der Waals surface area (Å²) in [6, 6.07) is 6.05. The highest BCUT2D eigenvalue weighted by Gasteiger charge is 2.24. The van der Waals surface area contributed by atoms with E-state index in [-0.39, 0.29) is 37.0 Å². The fourth-order valence-electron chi connectivity index (χ4n) is 1.82. The molecule has 2 rings (SSSR count). The molecule has 0 aliphatic rings. The summed E-state index contributed by atoms with van der Waals surface area (Å²) in [4.78, 5) is 29.8. The van der Waals surface area contributed by atoms with Crippen molar-refractivity contribution in [1.29, 1.82) is 0 Å². The standard InChI is InChI=1S/C15H12Cl3NO5S/c16-10-11(17)14(18)25-13(10)12(22)8-3-1-2-4-9(8)15(23)19-24-6-7(21)5-20/h1-4,7,20-21H,5-6H2,(H,19,23). The van der Waals surface area contributed by atoms with Gasteiger partial charge in [0.05, 0.1) is 27.1 Å². The Morgan fingerprint density at radius 3 is 2.36 bits per heavy atom. The molecule has 1 heterocycles. The molecular weight excluding hydrogens is 413 g/mol. The molecule has 2 aromatic rings. The second-order valence-electron chi connectivity index (χ2n) is 4.79. The van der Waals surface area contributed by atoms with Gasteiger partial charge in [-0.15, -0.1) is 11.3 Å². The lowest BCUT2D eigenvalue weighted by molar-refractivity contribution is -0.0295. The zero-order chi connectivity index (χ0) is 18.6. The van der Waals surface area contributed by atoms with Crippen LogP contribution in [-0.2, 0) is 4.84 Å². The third kappa shape index (κ3) is 4.71. The van der Waals surface area contributed by atoms with Crippen molar-refractivity contribution < 1.29 is 24.6 Å². The third-order valence-electron chi connectivity index (χ3n) is 3.03. The van der Waals surface area contributed by atoms with Crippen LogP contribution in [0.4, 0.5) is 0 Å². The van der Waals surface area contributed by atoms with Crippen LogP contribution < -0.4 is 5.48 Å². The fourth-order valence-corrected chi connectivity index (χ4v) is 3.58. The lowest BCUT2D eigenvalue weighted by Gasteiger charge is -2.11. The van der Waals surface area contributed by atoms with Crippen LogP contribution in [0.1, 0.15) is 25.6 Å². The number of rotatable bonds is 7. The van der Waals surface area contributed by atoms with E-state index in [1.165, 1.54) is 12.1 Å². The van der Waals surface area contributed by atoms with Crippen LogP contribution in [0, 0.1) is 0 Å². The van der Waals surface area contributed by atoms with Crippen molar-refractivity contribution in [2.45, 2.75) is 6.10 Å². The first-order chi connectivity index (χ1) is 11.9. The Bertz CT molecular complexity index is 795. The van der Waals surface area contributed by atoms with Gasteiger partial charge >= 0.3 is 0 Å². The third-order valence-corrected chi connectivity index (χ3v) is 5.60. The first kappa shape index (κ1) is 20.1. The molecule has 0 spiro atoms. The maximum Gasteiger partial charge on any atom is 0.275 e. The normalized spacial score (nSPS) is 12.0. The lowest BCUT2D eigenvalue weighted by Crippen LogP contribution is -2.30. The molecule has 134 valence electrons. The number of hydrogen-bond acceptors (Lipinski definition) is 6. The highest BCUT2D eigenvalue weighted by atomic mass is 35.5. The lowest BCUT2D eigenvalue weighted by atomic mass is 10.0. The average molecular weight is 425 g/mol. The molecule has 6 nitrogen and oxygen atoms in total. The van der Waals surface area contributed by atoms with Crippen molar-refractivity contribution in [1.82, 2.24) is 5.48 Å². The summed E-state index contributed by atoms with van der Waals surface area (Å²) in [7, 11) is 0. The van der Waals surface area contributed by atoms with Gasteiger partial charge < -0.3 is 10.2 Å². The molecule has 25 heavy (non-hydrogen) atoms. The van der Waals surface area contributed by atoms with Gasteiger partial charge in [0.25, 0.3) is 5.91 Å². The van der Waals surface area contributed by atoms with Gasteiger partial charge in [0.2, 0.25) is 5.78 Å². The van der Waals surface area contributed by atoms with Crippen LogP contribution in [0.15, 0.2) is 24.3 Å². The number of aliphatic hydroxyl groups excluding tert-OH is 2. The molecule has 0 aliphatic heterocycles. The number of aliphatic hydroxyl groups is 2. The summed E-state index contributed by atoms with van der Waals surface area (Å²) in [6.45, 7) is -0.816. The van der Waals surface area contributed by atoms with Crippen LogP contribution in [0.2, 0.25) is 14.4 Å². The minimum Gasteiger partial charge on any atom is -0.394 e. The fraction of sp³-hybridized carbons (Fsp3) is 0.200. The zero-order valence-corrected chi connectivity index (χ0v) is 15.5. The quantitative estimate of drug-likeness (QED) is 0.469. The molecule has 0 fully saturated rings. The molecule has 1 unspecified atom stereocenters. The molecule has 0 saturated carbocycles. The number of benzene rings is 1. The molecule has 1 aromatic carbocycles. The van der Waals surface area contributed by atoms with Crippen molar-refractivity contribution >= 4 is 57.8 Å². The van der Waals surface area contributed by atoms with Gasteiger partial charge in [-0.05, 0) is 6.07 Å². The maximum atomic E-state index is 12.7. The van der Waals surface area contributed by atoms with Gasteiger partial charge in [0.1, 0.15) is 17.0 Å². The van der Waals surface area contributed by atoms with Crippen LogP contribution >= 0.6 is 46.1 Å². The minimum atomic E-state index is -1.13. The average Bonchev–Trinajstić information content (AvgIpc) is 2.88. The molecule has 3 N–H and O–H groups in total. The molecule has 1 aromatic heterocycles. The number of carbonyl (C=O) groups excluding carboxylic acids is 2. The van der Waals surface area contributed by atoms with Crippen molar-refractivity contribution in [2.75, 3.05) is 13.2 Å². The van der Waals surface area contributed by atoms with Gasteiger partial charge in [-0.25, -0.2) is 5.48 Å². The van der Waals surface area contributed by atoms with Gasteiger partial charge in [0.15, 0.2) is 0 Å². The van der Waals surface area contributed by atoms with Crippen LogP contribution in [-0.4, -0.2) is 41.2 Å². The number of amides is 1. The number of carbonyl (C=O) groups is 2. The Morgan fingerprint density at radius 2 is 1.80 bits per heavy atom. The Labute approximate surface area is 161 Å². The largest absolute Gasteiger partial charge is 0.394 e. The second kappa shape index (κ2) is 8.95. The molecule has 0 radical (unpaired) electrons. The van der Waals surface area contributed by atoms with Crippen molar-refractivity contribution in [3.63, 3.8) is 0 Å².